The number of anilines is 1. The van der Waals surface area contributed by atoms with E-state index in [1.165, 1.54) is 11.1 Å². The maximum absolute atomic E-state index is 13.2. The molecule has 2 aromatic carbocycles. The Labute approximate surface area is 240 Å². The number of nitrogens with one attached hydrogen (secondary N) is 1. The zero-order valence-corrected chi connectivity index (χ0v) is 24.0. The Balaban J connectivity index is 1.29. The van der Waals surface area contributed by atoms with E-state index in [0.29, 0.717) is 43.2 Å². The first kappa shape index (κ1) is 26.4. The third-order valence-electron chi connectivity index (χ3n) is 9.93. The fraction of sp³-hybridized carbons (Fsp3) is 0.516. The number of nitrogens with zero attached hydrogens (tertiary/aromatic N) is 1. The Hall–Kier alpha value is -2.55. The summed E-state index contributed by atoms with van der Waals surface area (Å²) in [6, 6.07) is 11.4. The molecule has 0 saturated heterocycles. The van der Waals surface area contributed by atoms with E-state index in [-0.39, 0.29) is 17.3 Å². The molecule has 2 fully saturated rings. The first-order valence-corrected chi connectivity index (χ1v) is 16.4. The van der Waals surface area contributed by atoms with E-state index in [1.807, 2.05) is 18.2 Å². The lowest BCUT2D eigenvalue weighted by atomic mass is 9.68. The van der Waals surface area contributed by atoms with E-state index in [9.17, 15) is 18.3 Å². The van der Waals surface area contributed by atoms with E-state index in [0.717, 1.165) is 49.4 Å². The summed E-state index contributed by atoms with van der Waals surface area (Å²) in [4.78, 5) is 15.5. The molecule has 5 aliphatic rings. The summed E-state index contributed by atoms with van der Waals surface area (Å²) in [6.07, 6.45) is 9.31. The van der Waals surface area contributed by atoms with Crippen molar-refractivity contribution in [3.8, 4) is 5.75 Å². The van der Waals surface area contributed by atoms with Crippen LogP contribution in [0.4, 0.5) is 5.69 Å². The van der Waals surface area contributed by atoms with Crippen molar-refractivity contribution in [3.05, 3.63) is 70.3 Å². The van der Waals surface area contributed by atoms with Gasteiger partial charge in [-0.1, -0.05) is 29.8 Å². The highest BCUT2D eigenvalue weighted by Gasteiger charge is 2.48. The van der Waals surface area contributed by atoms with Gasteiger partial charge in [0.05, 0.1) is 23.6 Å². The number of fused-ring (bicyclic) bond motifs is 5. The molecule has 40 heavy (non-hydrogen) atoms. The van der Waals surface area contributed by atoms with Crippen molar-refractivity contribution in [3.63, 3.8) is 0 Å². The van der Waals surface area contributed by atoms with Crippen LogP contribution < -0.4 is 14.4 Å². The van der Waals surface area contributed by atoms with Crippen LogP contribution in [0.3, 0.4) is 0 Å². The molecular weight excluding hydrogens is 548 g/mol. The normalized spacial score (nSPS) is 35.1. The number of carbonyl (C=O) groups is 1. The molecule has 2 bridgehead atoms. The molecule has 0 radical (unpaired) electrons. The highest BCUT2D eigenvalue weighted by atomic mass is 35.5. The zero-order valence-electron chi connectivity index (χ0n) is 22.4. The van der Waals surface area contributed by atoms with E-state index in [2.05, 4.69) is 21.8 Å². The largest absolute Gasteiger partial charge is 0.490 e. The Kier molecular flexibility index (Phi) is 6.44. The van der Waals surface area contributed by atoms with Gasteiger partial charge in [-0.2, -0.15) is 0 Å². The van der Waals surface area contributed by atoms with Crippen molar-refractivity contribution >= 4 is 33.2 Å². The molecule has 2 saturated carbocycles. The second-order valence-corrected chi connectivity index (χ2v) is 14.8. The van der Waals surface area contributed by atoms with Crippen molar-refractivity contribution in [2.45, 2.75) is 61.7 Å². The standard InChI is InChI=1S/C31H35ClN2O5S/c32-23-8-10-25-19(13-23)4-2-12-31(25)17-34-16-22-6-9-24(22)27(35)5-1-3-20-15-29(20)40(37,38)33-30(36)21-7-11-28(39-18-31)26(34)14-21/h1,5,7-8,10-11,13-14,20,22,24,27,29,35H,2-4,6,9,12,15-18H2,(H,33,36)/b5-1-/t20-,22+,24-,27+,29+,31+/m1/s1. The lowest BCUT2D eigenvalue weighted by molar-refractivity contribution is 0.0456. The van der Waals surface area contributed by atoms with E-state index < -0.39 is 27.3 Å². The molecule has 2 aliphatic heterocycles. The maximum atomic E-state index is 13.2. The molecule has 2 N–H and O–H groups in total. The lowest BCUT2D eigenvalue weighted by Crippen LogP contribution is -2.49. The monoisotopic (exact) mass is 582 g/mol. The molecule has 1 spiro atoms. The van der Waals surface area contributed by atoms with Gasteiger partial charge < -0.3 is 14.7 Å². The van der Waals surface area contributed by atoms with E-state index in [1.54, 1.807) is 18.2 Å². The van der Waals surface area contributed by atoms with Gasteiger partial charge in [-0.15, -0.1) is 0 Å². The molecule has 2 heterocycles. The summed E-state index contributed by atoms with van der Waals surface area (Å²) in [5, 5.41) is 11.2. The number of aliphatic hydroxyl groups excluding tert-OH is 1. The fourth-order valence-corrected chi connectivity index (χ4v) is 9.30. The summed E-state index contributed by atoms with van der Waals surface area (Å²) in [5.74, 6) is 0.506. The Morgan fingerprint density at radius 3 is 2.83 bits per heavy atom. The Bertz CT molecular complexity index is 1490. The smallest absolute Gasteiger partial charge is 0.264 e. The van der Waals surface area contributed by atoms with Crippen molar-refractivity contribution in [1.29, 1.82) is 0 Å². The van der Waals surface area contributed by atoms with Gasteiger partial charge in [0, 0.05) is 29.1 Å². The summed E-state index contributed by atoms with van der Waals surface area (Å²) in [6.45, 7) is 1.94. The molecule has 1 amide bonds. The Morgan fingerprint density at radius 2 is 2.00 bits per heavy atom. The molecule has 0 aromatic heterocycles. The number of halogens is 1. The minimum Gasteiger partial charge on any atom is -0.490 e. The van der Waals surface area contributed by atoms with Crippen LogP contribution in [0, 0.1) is 17.8 Å². The molecule has 2 aromatic rings. The van der Waals surface area contributed by atoms with Gasteiger partial charge in [0.15, 0.2) is 0 Å². The van der Waals surface area contributed by atoms with Crippen LogP contribution in [-0.4, -0.2) is 50.5 Å². The predicted molar refractivity (Wildman–Crippen MR) is 154 cm³/mol. The van der Waals surface area contributed by atoms with Crippen molar-refractivity contribution in [1.82, 2.24) is 4.72 Å². The van der Waals surface area contributed by atoms with Crippen LogP contribution in [0.1, 0.15) is 60.0 Å². The number of hydrogen-bond donors (Lipinski definition) is 2. The van der Waals surface area contributed by atoms with Crippen LogP contribution in [-0.2, 0) is 21.9 Å². The fourth-order valence-electron chi connectivity index (χ4n) is 7.46. The number of benzene rings is 2. The minimum atomic E-state index is -3.79. The van der Waals surface area contributed by atoms with E-state index >= 15 is 0 Å². The quantitative estimate of drug-likeness (QED) is 0.441. The second-order valence-electron chi connectivity index (χ2n) is 12.5. The average molecular weight is 583 g/mol. The maximum Gasteiger partial charge on any atom is 0.264 e. The zero-order chi connectivity index (χ0) is 27.6. The van der Waals surface area contributed by atoms with Crippen LogP contribution in [0.25, 0.3) is 0 Å². The van der Waals surface area contributed by atoms with Gasteiger partial charge in [0.25, 0.3) is 5.91 Å². The number of ether oxygens (including phenoxy) is 1. The number of carbonyl (C=O) groups excluding carboxylic acids is 1. The third kappa shape index (κ3) is 4.62. The van der Waals surface area contributed by atoms with Gasteiger partial charge in [-0.3, -0.25) is 4.79 Å². The number of allylic oxidation sites excluding steroid dienone is 1. The number of aryl methyl sites for hydroxylation is 1. The Morgan fingerprint density at radius 1 is 1.12 bits per heavy atom. The van der Waals surface area contributed by atoms with Crippen molar-refractivity contribution in [2.24, 2.45) is 17.8 Å². The number of rotatable bonds is 0. The first-order chi connectivity index (χ1) is 19.2. The highest BCUT2D eigenvalue weighted by molar-refractivity contribution is 7.91. The molecule has 212 valence electrons. The summed E-state index contributed by atoms with van der Waals surface area (Å²) in [7, 11) is -3.79. The average Bonchev–Trinajstić information content (AvgIpc) is 3.70. The summed E-state index contributed by atoms with van der Waals surface area (Å²) < 4.78 is 34.7. The molecule has 3 aliphatic carbocycles. The lowest BCUT2D eigenvalue weighted by Gasteiger charge is -2.45. The number of aliphatic hydroxyl groups is 1. The minimum absolute atomic E-state index is 0.0285. The van der Waals surface area contributed by atoms with Gasteiger partial charge >= 0.3 is 0 Å². The molecule has 0 unspecified atom stereocenters. The molecule has 7 rings (SSSR count). The number of amides is 1. The molecule has 6 atom stereocenters. The van der Waals surface area contributed by atoms with Crippen LogP contribution >= 0.6 is 11.6 Å². The predicted octanol–water partition coefficient (Wildman–Crippen LogP) is 4.61. The topological polar surface area (TPSA) is 95.9 Å². The van der Waals surface area contributed by atoms with Crippen LogP contribution in [0.2, 0.25) is 5.02 Å². The summed E-state index contributed by atoms with van der Waals surface area (Å²) in [5.41, 5.74) is 3.38. The van der Waals surface area contributed by atoms with E-state index in [4.69, 9.17) is 16.3 Å². The van der Waals surface area contributed by atoms with Crippen LogP contribution in [0.5, 0.6) is 5.75 Å². The number of sulfonamides is 1. The first-order valence-electron chi connectivity index (χ1n) is 14.4. The van der Waals surface area contributed by atoms with Gasteiger partial charge in [0.1, 0.15) is 5.75 Å². The van der Waals surface area contributed by atoms with Gasteiger partial charge in [-0.05, 0) is 104 Å². The summed E-state index contributed by atoms with van der Waals surface area (Å²) >= 11 is 6.37. The molecule has 7 nitrogen and oxygen atoms in total. The SMILES string of the molecule is O=C1NS(=O)(=O)[C@H]2C[C@H]2C/C=C\[C@H](O)[C@@H]2CC[C@H]2CN2C[C@@]3(CCCc4cc(Cl)ccc43)COc3ccc1cc32. The third-order valence-corrected chi connectivity index (χ3v) is 12.0. The molecular formula is C31H35ClN2O5S. The number of hydrogen-bond acceptors (Lipinski definition) is 6. The van der Waals surface area contributed by atoms with Crippen LogP contribution in [0.15, 0.2) is 48.6 Å². The molecule has 9 heteroatoms. The van der Waals surface area contributed by atoms with Crippen molar-refractivity contribution < 1.29 is 23.1 Å². The van der Waals surface area contributed by atoms with Gasteiger partial charge in [0.2, 0.25) is 10.0 Å². The second kappa shape index (κ2) is 9.78. The van der Waals surface area contributed by atoms with Gasteiger partial charge in [-0.25, -0.2) is 13.1 Å². The van der Waals surface area contributed by atoms with Crippen molar-refractivity contribution in [2.75, 3.05) is 24.6 Å². The highest BCUT2D eigenvalue weighted by Crippen LogP contribution is 2.47.